The summed E-state index contributed by atoms with van der Waals surface area (Å²) >= 11 is 3.07. The third-order valence-corrected chi connectivity index (χ3v) is 3.41. The fourth-order valence-corrected chi connectivity index (χ4v) is 2.36. The normalized spacial score (nSPS) is 12.7. The van der Waals surface area contributed by atoms with Gasteiger partial charge in [0, 0.05) is 22.6 Å². The van der Waals surface area contributed by atoms with E-state index in [1.807, 2.05) is 0 Å². The lowest BCUT2D eigenvalue weighted by Gasteiger charge is -2.03. The Bertz CT molecular complexity index is 263. The van der Waals surface area contributed by atoms with Crippen LogP contribution in [0.5, 0.6) is 0 Å². The summed E-state index contributed by atoms with van der Waals surface area (Å²) in [6, 6.07) is -0.766. The molecule has 0 saturated heterocycles. The average Bonchev–Trinajstić information content (AvgIpc) is 2.56. The van der Waals surface area contributed by atoms with Crippen molar-refractivity contribution < 1.29 is 9.90 Å². The molecule has 0 saturated carbocycles. The van der Waals surface area contributed by atoms with Crippen LogP contribution in [0.15, 0.2) is 11.7 Å². The van der Waals surface area contributed by atoms with Gasteiger partial charge in [-0.25, -0.2) is 0 Å². The van der Waals surface area contributed by atoms with Gasteiger partial charge < -0.3 is 10.8 Å². The Balaban J connectivity index is 2.18. The Hall–Kier alpha value is -0.590. The molecule has 1 rings (SSSR count). The molecule has 1 atom stereocenters. The van der Waals surface area contributed by atoms with Crippen LogP contribution in [-0.4, -0.2) is 27.9 Å². The van der Waals surface area contributed by atoms with Crippen LogP contribution in [0.4, 0.5) is 0 Å². The van der Waals surface area contributed by atoms with Gasteiger partial charge in [0.1, 0.15) is 6.04 Å². The first kappa shape index (κ1) is 10.5. The molecule has 1 aromatic heterocycles. The molecule has 1 aromatic rings. The first-order chi connectivity index (χ1) is 6.20. The number of carboxylic acids is 1. The lowest BCUT2D eigenvalue weighted by Crippen LogP contribution is -2.32. The molecule has 1 heterocycles. The molecule has 0 bridgehead atoms. The van der Waals surface area contributed by atoms with E-state index in [9.17, 15) is 4.79 Å². The first-order valence-electron chi connectivity index (χ1n) is 3.63. The molecule has 4 nitrogen and oxygen atoms in total. The SMILES string of the molecule is N[C@H](CSCc1cncs1)C(=O)O. The number of aliphatic carboxylic acids is 1. The van der Waals surface area contributed by atoms with E-state index >= 15 is 0 Å². The van der Waals surface area contributed by atoms with Crippen LogP contribution in [0.3, 0.4) is 0 Å². The highest BCUT2D eigenvalue weighted by molar-refractivity contribution is 7.98. The minimum Gasteiger partial charge on any atom is -0.480 e. The highest BCUT2D eigenvalue weighted by atomic mass is 32.2. The fourth-order valence-electron chi connectivity index (χ4n) is 0.671. The van der Waals surface area contributed by atoms with Gasteiger partial charge in [-0.05, 0) is 0 Å². The van der Waals surface area contributed by atoms with Crippen molar-refractivity contribution in [3.8, 4) is 0 Å². The molecule has 0 radical (unpaired) electrons. The second-order valence-corrected chi connectivity index (χ2v) is 4.43. The maximum absolute atomic E-state index is 10.3. The molecule has 0 aromatic carbocycles. The highest BCUT2D eigenvalue weighted by Crippen LogP contribution is 2.15. The monoisotopic (exact) mass is 218 g/mol. The molecule has 0 aliphatic carbocycles. The summed E-state index contributed by atoms with van der Waals surface area (Å²) in [4.78, 5) is 15.4. The van der Waals surface area contributed by atoms with Gasteiger partial charge in [0.05, 0.1) is 5.51 Å². The van der Waals surface area contributed by atoms with Crippen molar-refractivity contribution in [2.45, 2.75) is 11.8 Å². The number of carbonyl (C=O) groups is 1. The van der Waals surface area contributed by atoms with Crippen molar-refractivity contribution in [1.82, 2.24) is 4.98 Å². The van der Waals surface area contributed by atoms with Crippen LogP contribution in [0.25, 0.3) is 0 Å². The van der Waals surface area contributed by atoms with E-state index in [2.05, 4.69) is 4.98 Å². The maximum Gasteiger partial charge on any atom is 0.321 e. The minimum atomic E-state index is -0.947. The predicted octanol–water partition coefficient (Wildman–Crippen LogP) is 0.788. The molecule has 0 fully saturated rings. The number of hydrogen-bond donors (Lipinski definition) is 2. The lowest BCUT2D eigenvalue weighted by atomic mass is 10.4. The summed E-state index contributed by atoms with van der Waals surface area (Å²) in [6.45, 7) is 0. The second-order valence-electron chi connectivity index (χ2n) is 2.43. The molecule has 0 amide bonds. The standard InChI is InChI=1S/C7H10N2O2S2/c8-6(7(10)11)3-12-2-5-1-9-4-13-5/h1,4,6H,2-3,8H2,(H,10,11)/t6-/m1/s1. The van der Waals surface area contributed by atoms with E-state index < -0.39 is 12.0 Å². The predicted molar refractivity (Wildman–Crippen MR) is 53.9 cm³/mol. The Kier molecular flexibility index (Phi) is 4.20. The molecule has 0 unspecified atom stereocenters. The van der Waals surface area contributed by atoms with E-state index in [0.717, 1.165) is 10.6 Å². The summed E-state index contributed by atoms with van der Waals surface area (Å²) in [5.74, 6) is 0.274. The van der Waals surface area contributed by atoms with Gasteiger partial charge in [0.25, 0.3) is 0 Å². The number of thiazole rings is 1. The van der Waals surface area contributed by atoms with Crippen molar-refractivity contribution in [3.63, 3.8) is 0 Å². The topological polar surface area (TPSA) is 76.2 Å². The van der Waals surface area contributed by atoms with Gasteiger partial charge in [-0.15, -0.1) is 11.3 Å². The molecule has 3 N–H and O–H groups in total. The van der Waals surface area contributed by atoms with Gasteiger partial charge in [-0.2, -0.15) is 11.8 Å². The Morgan fingerprint density at radius 2 is 2.62 bits per heavy atom. The van der Waals surface area contributed by atoms with Crippen LogP contribution < -0.4 is 5.73 Å². The number of carboxylic acid groups (broad SMARTS) is 1. The molecular formula is C7H10N2O2S2. The van der Waals surface area contributed by atoms with Crippen LogP contribution >= 0.6 is 23.1 Å². The summed E-state index contributed by atoms with van der Waals surface area (Å²) in [5, 5.41) is 8.49. The number of rotatable bonds is 5. The Morgan fingerprint density at radius 1 is 1.85 bits per heavy atom. The van der Waals surface area contributed by atoms with Crippen molar-refractivity contribution in [2.75, 3.05) is 5.75 Å². The smallest absolute Gasteiger partial charge is 0.321 e. The third kappa shape index (κ3) is 3.75. The summed E-state index contributed by atoms with van der Waals surface area (Å²) in [5.41, 5.74) is 7.08. The zero-order valence-electron chi connectivity index (χ0n) is 6.84. The van der Waals surface area contributed by atoms with Gasteiger partial charge in [-0.3, -0.25) is 9.78 Å². The van der Waals surface area contributed by atoms with Crippen molar-refractivity contribution in [3.05, 3.63) is 16.6 Å². The number of nitrogens with two attached hydrogens (primary N) is 1. The number of nitrogens with zero attached hydrogens (tertiary/aromatic N) is 1. The van der Waals surface area contributed by atoms with Gasteiger partial charge >= 0.3 is 5.97 Å². The van der Waals surface area contributed by atoms with Crippen molar-refractivity contribution in [2.24, 2.45) is 5.73 Å². The molecule has 72 valence electrons. The zero-order chi connectivity index (χ0) is 9.68. The third-order valence-electron chi connectivity index (χ3n) is 1.34. The largest absolute Gasteiger partial charge is 0.480 e. The first-order valence-corrected chi connectivity index (χ1v) is 5.67. The minimum absolute atomic E-state index is 0.438. The Morgan fingerprint density at radius 3 is 3.15 bits per heavy atom. The van der Waals surface area contributed by atoms with E-state index in [4.69, 9.17) is 10.8 Å². The van der Waals surface area contributed by atoms with E-state index in [1.165, 1.54) is 11.8 Å². The van der Waals surface area contributed by atoms with Crippen molar-refractivity contribution >= 4 is 29.1 Å². The molecule has 6 heteroatoms. The maximum atomic E-state index is 10.3. The number of aromatic nitrogens is 1. The molecule has 13 heavy (non-hydrogen) atoms. The lowest BCUT2D eigenvalue weighted by molar-refractivity contribution is -0.137. The summed E-state index contributed by atoms with van der Waals surface area (Å²) < 4.78 is 0. The quantitative estimate of drug-likeness (QED) is 0.764. The number of thioether (sulfide) groups is 1. The van der Waals surface area contributed by atoms with Gasteiger partial charge in [-0.1, -0.05) is 0 Å². The van der Waals surface area contributed by atoms with E-state index in [1.54, 1.807) is 23.0 Å². The average molecular weight is 218 g/mol. The van der Waals surface area contributed by atoms with Crippen molar-refractivity contribution in [1.29, 1.82) is 0 Å². The summed E-state index contributed by atoms with van der Waals surface area (Å²) in [6.07, 6.45) is 1.78. The Labute approximate surface area is 84.2 Å². The van der Waals surface area contributed by atoms with Gasteiger partial charge in [0.15, 0.2) is 0 Å². The fraction of sp³-hybridized carbons (Fsp3) is 0.429. The molecular weight excluding hydrogens is 208 g/mol. The van der Waals surface area contributed by atoms with Crippen LogP contribution in [0, 0.1) is 0 Å². The number of hydrogen-bond acceptors (Lipinski definition) is 5. The van der Waals surface area contributed by atoms with Crippen LogP contribution in [0.2, 0.25) is 0 Å². The summed E-state index contributed by atoms with van der Waals surface area (Å²) in [7, 11) is 0. The van der Waals surface area contributed by atoms with Gasteiger partial charge in [0.2, 0.25) is 0 Å². The second kappa shape index (κ2) is 5.21. The van der Waals surface area contributed by atoms with E-state index in [-0.39, 0.29) is 0 Å². The highest BCUT2D eigenvalue weighted by Gasteiger charge is 2.10. The van der Waals surface area contributed by atoms with E-state index in [0.29, 0.717) is 5.75 Å². The molecule has 0 spiro atoms. The van der Waals surface area contributed by atoms with Crippen LogP contribution in [0.1, 0.15) is 4.88 Å². The molecule has 0 aliphatic rings. The molecule has 0 aliphatic heterocycles. The zero-order valence-corrected chi connectivity index (χ0v) is 8.48. The van der Waals surface area contributed by atoms with Crippen LogP contribution in [-0.2, 0) is 10.5 Å².